The molecule has 0 amide bonds. The predicted molar refractivity (Wildman–Crippen MR) is 137 cm³/mol. The van der Waals surface area contributed by atoms with Crippen LogP contribution in [0.5, 0.6) is 23.0 Å². The molecule has 176 valence electrons. The molecule has 3 aromatic carbocycles. The van der Waals surface area contributed by atoms with E-state index in [1.54, 1.807) is 58.1 Å². The van der Waals surface area contributed by atoms with Crippen LogP contribution in [0, 0.1) is 0 Å². The molecule has 8 heteroatoms. The van der Waals surface area contributed by atoms with Gasteiger partial charge in [-0.3, -0.25) is 4.99 Å². The molecular formula is C26H27N3O4S. The third-order valence-corrected chi connectivity index (χ3v) is 6.23. The topological polar surface area (TPSA) is 66.6 Å². The normalized spacial score (nSPS) is 11.9. The van der Waals surface area contributed by atoms with Crippen molar-refractivity contribution in [3.8, 4) is 34.3 Å². The molecule has 1 aromatic heterocycles. The Morgan fingerprint density at radius 1 is 0.824 bits per heavy atom. The molecule has 7 nitrogen and oxygen atoms in total. The molecule has 0 aliphatic carbocycles. The summed E-state index contributed by atoms with van der Waals surface area (Å²) in [7, 11) is 6.49. The van der Waals surface area contributed by atoms with Gasteiger partial charge in [0.05, 0.1) is 45.9 Å². The predicted octanol–water partition coefficient (Wildman–Crippen LogP) is 5.21. The van der Waals surface area contributed by atoms with Crippen LogP contribution in [0.25, 0.3) is 22.0 Å². The van der Waals surface area contributed by atoms with Crippen LogP contribution in [-0.4, -0.2) is 45.9 Å². The molecule has 4 aromatic rings. The average molecular weight is 478 g/mol. The van der Waals surface area contributed by atoms with Crippen molar-refractivity contribution < 1.29 is 18.9 Å². The molecule has 34 heavy (non-hydrogen) atoms. The van der Waals surface area contributed by atoms with E-state index in [0.717, 1.165) is 32.6 Å². The van der Waals surface area contributed by atoms with Gasteiger partial charge in [0.2, 0.25) is 4.80 Å². The smallest absolute Gasteiger partial charge is 0.206 e. The Hall–Kier alpha value is -3.78. The van der Waals surface area contributed by atoms with Crippen molar-refractivity contribution in [2.24, 2.45) is 10.1 Å². The lowest BCUT2D eigenvalue weighted by molar-refractivity contribution is 0.374. The van der Waals surface area contributed by atoms with Crippen LogP contribution in [0.2, 0.25) is 0 Å². The number of rotatable bonds is 8. The number of benzene rings is 3. The highest BCUT2D eigenvalue weighted by Gasteiger charge is 2.13. The fourth-order valence-corrected chi connectivity index (χ4v) is 4.54. The van der Waals surface area contributed by atoms with Gasteiger partial charge >= 0.3 is 0 Å². The molecule has 0 saturated carbocycles. The lowest BCUT2D eigenvalue weighted by Gasteiger charge is -2.12. The number of nitrogens with zero attached hydrogens (tertiary/aromatic N) is 3. The minimum Gasteiger partial charge on any atom is -0.497 e. The summed E-state index contributed by atoms with van der Waals surface area (Å²) in [4.78, 5) is 5.43. The van der Waals surface area contributed by atoms with Crippen molar-refractivity contribution in [3.05, 3.63) is 64.3 Å². The lowest BCUT2D eigenvalue weighted by atomic mass is 10.1. The molecular weight excluding hydrogens is 450 g/mol. The largest absolute Gasteiger partial charge is 0.497 e. The van der Waals surface area contributed by atoms with Gasteiger partial charge in [-0.1, -0.05) is 18.2 Å². The van der Waals surface area contributed by atoms with Gasteiger partial charge in [0, 0.05) is 29.6 Å². The van der Waals surface area contributed by atoms with E-state index in [4.69, 9.17) is 24.0 Å². The van der Waals surface area contributed by atoms with Gasteiger partial charge in [0.1, 0.15) is 23.0 Å². The van der Waals surface area contributed by atoms with Crippen LogP contribution in [0.1, 0.15) is 12.5 Å². The van der Waals surface area contributed by atoms with Crippen LogP contribution in [0.3, 0.4) is 0 Å². The molecule has 0 bridgehead atoms. The van der Waals surface area contributed by atoms with Gasteiger partial charge in [-0.2, -0.15) is 5.10 Å². The summed E-state index contributed by atoms with van der Waals surface area (Å²) in [5.74, 6) is 2.68. The second-order valence-corrected chi connectivity index (χ2v) is 8.14. The number of methoxy groups -OCH3 is 4. The summed E-state index contributed by atoms with van der Waals surface area (Å²) in [6.45, 7) is 2.66. The molecule has 0 aliphatic heterocycles. The minimum atomic E-state index is 0.603. The molecule has 0 unspecified atom stereocenters. The molecule has 0 N–H and O–H groups in total. The molecule has 0 fully saturated rings. The Bertz CT molecular complexity index is 1380. The van der Waals surface area contributed by atoms with Gasteiger partial charge < -0.3 is 18.9 Å². The zero-order chi connectivity index (χ0) is 24.1. The monoisotopic (exact) mass is 477 g/mol. The first kappa shape index (κ1) is 23.4. The minimum absolute atomic E-state index is 0.603. The Balaban J connectivity index is 1.83. The SMILES string of the molecule is CCN=c1scc(-c2ccc3cc(OC)ccc3c2)n1N=Cc1c(OC)cc(OC)cc1OC. The van der Waals surface area contributed by atoms with E-state index in [1.807, 2.05) is 23.7 Å². The molecule has 0 aliphatic rings. The van der Waals surface area contributed by atoms with Crippen LogP contribution < -0.4 is 23.7 Å². The van der Waals surface area contributed by atoms with E-state index in [-0.39, 0.29) is 0 Å². The van der Waals surface area contributed by atoms with Crippen LogP contribution in [0.4, 0.5) is 0 Å². The number of hydrogen-bond donors (Lipinski definition) is 0. The first-order valence-corrected chi connectivity index (χ1v) is 11.6. The van der Waals surface area contributed by atoms with Gasteiger partial charge in [0.15, 0.2) is 0 Å². The quantitative estimate of drug-likeness (QED) is 0.327. The maximum atomic E-state index is 5.57. The molecule has 4 rings (SSSR count). The Morgan fingerprint density at radius 2 is 1.50 bits per heavy atom. The number of aromatic nitrogens is 1. The average Bonchev–Trinajstić information content (AvgIpc) is 3.28. The van der Waals surface area contributed by atoms with E-state index < -0.39 is 0 Å². The number of hydrogen-bond acceptors (Lipinski definition) is 7. The number of fused-ring (bicyclic) bond motifs is 1. The van der Waals surface area contributed by atoms with Crippen molar-refractivity contribution in [2.75, 3.05) is 35.0 Å². The highest BCUT2D eigenvalue weighted by atomic mass is 32.1. The fourth-order valence-electron chi connectivity index (χ4n) is 3.64. The van der Waals surface area contributed by atoms with Crippen molar-refractivity contribution in [1.29, 1.82) is 0 Å². The zero-order valence-corrected chi connectivity index (χ0v) is 20.7. The molecule has 0 radical (unpaired) electrons. The highest BCUT2D eigenvalue weighted by Crippen LogP contribution is 2.33. The summed E-state index contributed by atoms with van der Waals surface area (Å²) in [5, 5.41) is 9.10. The van der Waals surface area contributed by atoms with E-state index in [2.05, 4.69) is 34.6 Å². The summed E-state index contributed by atoms with van der Waals surface area (Å²) >= 11 is 1.55. The first-order valence-electron chi connectivity index (χ1n) is 10.7. The van der Waals surface area contributed by atoms with Crippen LogP contribution >= 0.6 is 11.3 Å². The molecule has 0 atom stereocenters. The second-order valence-electron chi connectivity index (χ2n) is 7.31. The van der Waals surface area contributed by atoms with Gasteiger partial charge in [-0.25, -0.2) is 4.68 Å². The maximum absolute atomic E-state index is 5.57. The van der Waals surface area contributed by atoms with E-state index in [9.17, 15) is 0 Å². The summed E-state index contributed by atoms with van der Waals surface area (Å²) in [6, 6.07) is 16.0. The van der Waals surface area contributed by atoms with E-state index >= 15 is 0 Å². The van der Waals surface area contributed by atoms with Gasteiger partial charge in [-0.05, 0) is 35.9 Å². The lowest BCUT2D eigenvalue weighted by Crippen LogP contribution is -2.12. The van der Waals surface area contributed by atoms with E-state index in [1.165, 1.54) is 0 Å². The molecule has 1 heterocycles. The summed E-state index contributed by atoms with van der Waals surface area (Å²) < 4.78 is 23.7. The standard InChI is InChI=1S/C26H27N3O4S/c1-6-27-26-29(28-15-22-24(32-4)13-21(31-3)14-25(22)33-5)23(16-34-26)19-8-7-18-12-20(30-2)10-9-17(18)11-19/h7-16H,6H2,1-5H3. The third kappa shape index (κ3) is 4.63. The third-order valence-electron chi connectivity index (χ3n) is 5.38. The zero-order valence-electron chi connectivity index (χ0n) is 19.9. The van der Waals surface area contributed by atoms with Crippen molar-refractivity contribution in [2.45, 2.75) is 6.92 Å². The first-order chi connectivity index (χ1) is 16.6. The van der Waals surface area contributed by atoms with Crippen LogP contribution in [0.15, 0.2) is 64.0 Å². The summed E-state index contributed by atoms with van der Waals surface area (Å²) in [6.07, 6.45) is 1.73. The number of thiazole rings is 1. The highest BCUT2D eigenvalue weighted by molar-refractivity contribution is 7.07. The Kier molecular flexibility index (Phi) is 7.18. The fraction of sp³-hybridized carbons (Fsp3) is 0.231. The van der Waals surface area contributed by atoms with Crippen molar-refractivity contribution in [1.82, 2.24) is 4.68 Å². The van der Waals surface area contributed by atoms with Gasteiger partial charge in [0.25, 0.3) is 0 Å². The van der Waals surface area contributed by atoms with Crippen molar-refractivity contribution in [3.63, 3.8) is 0 Å². The maximum Gasteiger partial charge on any atom is 0.206 e. The van der Waals surface area contributed by atoms with E-state index in [0.29, 0.717) is 29.4 Å². The van der Waals surface area contributed by atoms with Gasteiger partial charge in [-0.15, -0.1) is 11.3 Å². The van der Waals surface area contributed by atoms with Crippen molar-refractivity contribution >= 4 is 28.3 Å². The molecule has 0 saturated heterocycles. The Morgan fingerprint density at radius 3 is 2.15 bits per heavy atom. The number of ether oxygens (including phenoxy) is 4. The summed E-state index contributed by atoms with van der Waals surface area (Å²) in [5.41, 5.74) is 2.69. The molecule has 0 spiro atoms. The Labute approximate surface area is 202 Å². The second kappa shape index (κ2) is 10.4. The van der Waals surface area contributed by atoms with Crippen LogP contribution in [-0.2, 0) is 0 Å².